The Morgan fingerprint density at radius 1 is 1.29 bits per heavy atom. The Bertz CT molecular complexity index is 935. The smallest absolute Gasteiger partial charge is 0.243 e. The highest BCUT2D eigenvalue weighted by Crippen LogP contribution is 2.29. The number of amides is 2. The van der Waals surface area contributed by atoms with Crippen LogP contribution in [-0.2, 0) is 9.59 Å². The highest BCUT2D eigenvalue weighted by atomic mass is 32.1. The first-order chi connectivity index (χ1) is 14.5. The van der Waals surface area contributed by atoms with Gasteiger partial charge in [0.15, 0.2) is 0 Å². The molecule has 2 heterocycles. The maximum Gasteiger partial charge on any atom is 0.243 e. The van der Waals surface area contributed by atoms with E-state index in [0.29, 0.717) is 0 Å². The lowest BCUT2D eigenvalue weighted by Gasteiger charge is -2.32. The number of aromatic nitrogens is 1. The van der Waals surface area contributed by atoms with Crippen molar-refractivity contribution >= 4 is 23.2 Å². The third-order valence-electron chi connectivity index (χ3n) is 5.84. The third-order valence-corrected chi connectivity index (χ3v) is 6.82. The molecule has 0 saturated carbocycles. The molecular formula is C23H32N4O3S. The van der Waals surface area contributed by atoms with E-state index in [0.717, 1.165) is 21.7 Å². The fraction of sp³-hybridized carbons (Fsp3) is 0.522. The summed E-state index contributed by atoms with van der Waals surface area (Å²) in [5, 5.41) is 13.1. The quantitative estimate of drug-likeness (QED) is 0.657. The number of benzene rings is 1. The SMILES string of the molecule is Cc1ncsc1-c1ccc([C@H](C)NC(=O)C2C[C@@H](O)CN2C(=O)[C@@H](N)C(C)(C)C)cc1. The van der Waals surface area contributed by atoms with E-state index in [1.54, 1.807) is 11.3 Å². The standard InChI is InChI=1S/C23H32N4O3S/c1-13(15-6-8-16(9-7-15)19-14(2)25-12-31-19)26-21(29)18-10-17(28)11-27(18)22(30)20(24)23(3,4)5/h6-9,12-13,17-18,20,28H,10-11,24H2,1-5H3,(H,26,29)/t13-,17+,18?,20+/m0/s1. The van der Waals surface area contributed by atoms with Crippen LogP contribution in [0, 0.1) is 12.3 Å². The Labute approximate surface area is 187 Å². The van der Waals surface area contributed by atoms with E-state index < -0.39 is 23.6 Å². The average molecular weight is 445 g/mol. The minimum Gasteiger partial charge on any atom is -0.391 e. The fourth-order valence-electron chi connectivity index (χ4n) is 3.75. The number of carbonyl (C=O) groups excluding carboxylic acids is 2. The van der Waals surface area contributed by atoms with Gasteiger partial charge in [-0.05, 0) is 30.4 Å². The van der Waals surface area contributed by atoms with Gasteiger partial charge in [0.1, 0.15) is 6.04 Å². The molecule has 168 valence electrons. The molecule has 2 amide bonds. The first kappa shape index (κ1) is 23.4. The molecule has 31 heavy (non-hydrogen) atoms. The number of β-amino-alcohol motifs (C(OH)–C–C–N with tert-alkyl or cyclic N) is 1. The molecule has 2 aromatic rings. The number of aryl methyl sites for hydroxylation is 1. The molecule has 1 aliphatic heterocycles. The van der Waals surface area contributed by atoms with Crippen LogP contribution < -0.4 is 11.1 Å². The van der Waals surface area contributed by atoms with Crippen molar-refractivity contribution in [2.75, 3.05) is 6.54 Å². The lowest BCUT2D eigenvalue weighted by atomic mass is 9.86. The van der Waals surface area contributed by atoms with Gasteiger partial charge in [0, 0.05) is 13.0 Å². The Hall–Kier alpha value is -2.29. The van der Waals surface area contributed by atoms with Crippen molar-refractivity contribution < 1.29 is 14.7 Å². The van der Waals surface area contributed by atoms with Gasteiger partial charge in [-0.1, -0.05) is 45.0 Å². The number of hydrogen-bond donors (Lipinski definition) is 3. The summed E-state index contributed by atoms with van der Waals surface area (Å²) in [7, 11) is 0. The first-order valence-electron chi connectivity index (χ1n) is 10.5. The van der Waals surface area contributed by atoms with Crippen molar-refractivity contribution in [2.45, 2.75) is 65.3 Å². The second-order valence-electron chi connectivity index (χ2n) is 9.36. The highest BCUT2D eigenvalue weighted by molar-refractivity contribution is 7.13. The third kappa shape index (κ3) is 5.14. The molecule has 4 N–H and O–H groups in total. The normalized spacial score (nSPS) is 21.1. The van der Waals surface area contributed by atoms with Crippen molar-refractivity contribution in [2.24, 2.45) is 11.1 Å². The number of nitrogens with one attached hydrogen (secondary N) is 1. The molecule has 1 aromatic heterocycles. The molecule has 0 aliphatic carbocycles. The van der Waals surface area contributed by atoms with Crippen molar-refractivity contribution in [1.29, 1.82) is 0 Å². The predicted molar refractivity (Wildman–Crippen MR) is 122 cm³/mol. The predicted octanol–water partition coefficient (Wildman–Crippen LogP) is 2.63. The van der Waals surface area contributed by atoms with E-state index in [1.807, 2.05) is 64.4 Å². The van der Waals surface area contributed by atoms with Crippen LogP contribution in [0.15, 0.2) is 29.8 Å². The molecule has 0 spiro atoms. The van der Waals surface area contributed by atoms with Gasteiger partial charge in [-0.2, -0.15) is 0 Å². The Balaban J connectivity index is 1.69. The number of nitrogens with zero attached hydrogens (tertiary/aromatic N) is 2. The van der Waals surface area contributed by atoms with Crippen LogP contribution in [0.1, 0.15) is 51.4 Å². The number of aliphatic hydroxyl groups excluding tert-OH is 1. The van der Waals surface area contributed by atoms with Crippen LogP contribution in [-0.4, -0.2) is 51.5 Å². The molecule has 0 bridgehead atoms. The molecule has 3 rings (SSSR count). The van der Waals surface area contributed by atoms with Crippen molar-refractivity contribution in [1.82, 2.24) is 15.2 Å². The van der Waals surface area contributed by atoms with Gasteiger partial charge < -0.3 is 21.1 Å². The number of likely N-dealkylation sites (tertiary alicyclic amines) is 1. The minimum absolute atomic E-state index is 0.123. The van der Waals surface area contributed by atoms with E-state index in [1.165, 1.54) is 4.90 Å². The van der Waals surface area contributed by atoms with Crippen molar-refractivity contribution in [3.63, 3.8) is 0 Å². The summed E-state index contributed by atoms with van der Waals surface area (Å²) in [5.41, 5.74) is 10.6. The summed E-state index contributed by atoms with van der Waals surface area (Å²) in [4.78, 5) is 32.7. The van der Waals surface area contributed by atoms with Gasteiger partial charge in [-0.3, -0.25) is 9.59 Å². The highest BCUT2D eigenvalue weighted by Gasteiger charge is 2.42. The molecule has 7 nitrogen and oxygen atoms in total. The molecule has 1 aliphatic rings. The maximum atomic E-state index is 13.0. The Morgan fingerprint density at radius 3 is 2.48 bits per heavy atom. The zero-order chi connectivity index (χ0) is 22.9. The van der Waals surface area contributed by atoms with E-state index in [4.69, 9.17) is 5.73 Å². The van der Waals surface area contributed by atoms with Gasteiger partial charge in [0.05, 0.1) is 34.3 Å². The van der Waals surface area contributed by atoms with E-state index in [-0.39, 0.29) is 30.8 Å². The second kappa shape index (κ2) is 9.06. The van der Waals surface area contributed by atoms with Crippen LogP contribution in [0.2, 0.25) is 0 Å². The lowest BCUT2D eigenvalue weighted by Crippen LogP contribution is -2.55. The second-order valence-corrected chi connectivity index (χ2v) is 10.2. The van der Waals surface area contributed by atoms with E-state index >= 15 is 0 Å². The molecule has 4 atom stereocenters. The van der Waals surface area contributed by atoms with Gasteiger partial charge in [-0.25, -0.2) is 4.98 Å². The number of aliphatic hydroxyl groups is 1. The van der Waals surface area contributed by atoms with Gasteiger partial charge in [0.25, 0.3) is 0 Å². The molecular weight excluding hydrogens is 412 g/mol. The molecule has 8 heteroatoms. The first-order valence-corrected chi connectivity index (χ1v) is 11.4. The van der Waals surface area contributed by atoms with E-state index in [9.17, 15) is 14.7 Å². The molecule has 0 radical (unpaired) electrons. The molecule has 1 fully saturated rings. The Morgan fingerprint density at radius 2 is 1.94 bits per heavy atom. The summed E-state index contributed by atoms with van der Waals surface area (Å²) in [6, 6.07) is 6.32. The number of hydrogen-bond acceptors (Lipinski definition) is 6. The summed E-state index contributed by atoms with van der Waals surface area (Å²) in [5.74, 6) is -0.581. The van der Waals surface area contributed by atoms with Gasteiger partial charge >= 0.3 is 0 Å². The fourth-order valence-corrected chi connectivity index (χ4v) is 4.56. The summed E-state index contributed by atoms with van der Waals surface area (Å²) >= 11 is 1.60. The largest absolute Gasteiger partial charge is 0.391 e. The Kier molecular flexibility index (Phi) is 6.83. The van der Waals surface area contributed by atoms with E-state index in [2.05, 4.69) is 10.3 Å². The zero-order valence-corrected chi connectivity index (χ0v) is 19.6. The molecule has 1 unspecified atom stereocenters. The van der Waals surface area contributed by atoms with Crippen LogP contribution >= 0.6 is 11.3 Å². The van der Waals surface area contributed by atoms with Crippen LogP contribution in [0.25, 0.3) is 10.4 Å². The number of nitrogens with two attached hydrogens (primary N) is 1. The van der Waals surface area contributed by atoms with Crippen LogP contribution in [0.3, 0.4) is 0 Å². The minimum atomic E-state index is -0.742. The summed E-state index contributed by atoms with van der Waals surface area (Å²) in [6.07, 6.45) is -0.519. The average Bonchev–Trinajstić information content (AvgIpc) is 3.31. The summed E-state index contributed by atoms with van der Waals surface area (Å²) in [6.45, 7) is 9.67. The summed E-state index contributed by atoms with van der Waals surface area (Å²) < 4.78 is 0. The monoisotopic (exact) mass is 444 g/mol. The van der Waals surface area contributed by atoms with Crippen molar-refractivity contribution in [3.8, 4) is 10.4 Å². The number of carbonyl (C=O) groups is 2. The van der Waals surface area contributed by atoms with Crippen LogP contribution in [0.4, 0.5) is 0 Å². The topological polar surface area (TPSA) is 109 Å². The number of rotatable bonds is 5. The lowest BCUT2D eigenvalue weighted by molar-refractivity contribution is -0.141. The van der Waals surface area contributed by atoms with Crippen molar-refractivity contribution in [3.05, 3.63) is 41.0 Å². The molecule has 1 saturated heterocycles. The zero-order valence-electron chi connectivity index (χ0n) is 18.8. The maximum absolute atomic E-state index is 13.0. The van der Waals surface area contributed by atoms with Gasteiger partial charge in [-0.15, -0.1) is 11.3 Å². The molecule has 1 aromatic carbocycles. The number of thiazole rings is 1. The van der Waals surface area contributed by atoms with Crippen LogP contribution in [0.5, 0.6) is 0 Å². The van der Waals surface area contributed by atoms with Gasteiger partial charge in [0.2, 0.25) is 11.8 Å².